The lowest BCUT2D eigenvalue weighted by atomic mass is 9.78. The maximum atomic E-state index is 13.2. The van der Waals surface area contributed by atoms with Gasteiger partial charge in [-0.3, -0.25) is 4.90 Å². The summed E-state index contributed by atoms with van der Waals surface area (Å²) in [4.78, 5) is 14.6. The van der Waals surface area contributed by atoms with Crippen LogP contribution < -0.4 is 5.32 Å². The molecular weight excluding hydrogens is 447 g/mol. The molecule has 2 heterocycles. The van der Waals surface area contributed by atoms with Crippen LogP contribution >= 0.6 is 0 Å². The van der Waals surface area contributed by atoms with E-state index >= 15 is 0 Å². The third-order valence-corrected chi connectivity index (χ3v) is 6.74. The molecule has 1 aromatic carbocycles. The molecule has 1 amide bonds. The van der Waals surface area contributed by atoms with E-state index < -0.39 is 23.7 Å². The molecule has 1 aliphatic heterocycles. The Morgan fingerprint density at radius 1 is 1.24 bits per heavy atom. The first-order valence-electron chi connectivity index (χ1n) is 11.6. The molecule has 10 heteroatoms. The first-order valence-corrected chi connectivity index (χ1v) is 11.6. The van der Waals surface area contributed by atoms with E-state index in [1.54, 1.807) is 0 Å². The maximum absolute atomic E-state index is 13.2. The van der Waals surface area contributed by atoms with Gasteiger partial charge in [0.15, 0.2) is 0 Å². The molecule has 4 rings (SSSR count). The van der Waals surface area contributed by atoms with Crippen LogP contribution in [0.3, 0.4) is 0 Å². The van der Waals surface area contributed by atoms with E-state index in [0.29, 0.717) is 25.5 Å². The van der Waals surface area contributed by atoms with Gasteiger partial charge in [0.05, 0.1) is 6.54 Å². The average molecular weight is 480 g/mol. The fourth-order valence-electron chi connectivity index (χ4n) is 5.16. The predicted molar refractivity (Wildman–Crippen MR) is 120 cm³/mol. The zero-order valence-corrected chi connectivity index (χ0v) is 20.1. The number of nitrogens with one attached hydrogen (secondary N) is 1. The number of carbonyl (C=O) groups excluding carboxylic acids is 1. The second-order valence-electron chi connectivity index (χ2n) is 10.5. The zero-order chi connectivity index (χ0) is 24.7. The highest BCUT2D eigenvalue weighted by Crippen LogP contribution is 2.44. The quantitative estimate of drug-likeness (QED) is 0.702. The molecule has 7 nitrogen and oxygen atoms in total. The Hall–Kier alpha value is -2.62. The lowest BCUT2D eigenvalue weighted by molar-refractivity contribution is -0.148. The number of hydrogen-bond donors (Lipinski definition) is 1. The molecular formula is C24H32F3N5O2. The van der Waals surface area contributed by atoms with Crippen LogP contribution in [0.1, 0.15) is 62.8 Å². The zero-order valence-electron chi connectivity index (χ0n) is 20.1. The van der Waals surface area contributed by atoms with Crippen molar-refractivity contribution in [3.63, 3.8) is 0 Å². The molecule has 186 valence electrons. The summed E-state index contributed by atoms with van der Waals surface area (Å²) in [7, 11) is 0. The Bertz CT molecular complexity index is 1050. The summed E-state index contributed by atoms with van der Waals surface area (Å²) in [6.45, 7) is 9.00. The summed E-state index contributed by atoms with van der Waals surface area (Å²) in [5, 5.41) is 10.2. The number of fused-ring (bicyclic) bond motifs is 1. The van der Waals surface area contributed by atoms with Crippen molar-refractivity contribution in [2.75, 3.05) is 13.1 Å². The average Bonchev–Trinajstić information content (AvgIpc) is 3.36. The van der Waals surface area contributed by atoms with Crippen LogP contribution in [0.15, 0.2) is 24.3 Å². The van der Waals surface area contributed by atoms with E-state index in [2.05, 4.69) is 32.5 Å². The smallest absolute Gasteiger partial charge is 0.444 e. The number of ether oxygens (including phenoxy) is 1. The summed E-state index contributed by atoms with van der Waals surface area (Å²) in [5.41, 5.74) is 1.43. The van der Waals surface area contributed by atoms with Crippen LogP contribution in [0, 0.1) is 6.92 Å². The Morgan fingerprint density at radius 3 is 2.68 bits per heavy atom. The summed E-state index contributed by atoms with van der Waals surface area (Å²) in [5.74, 6) is -0.581. The van der Waals surface area contributed by atoms with Gasteiger partial charge in [0.2, 0.25) is 5.82 Å². The molecule has 0 bridgehead atoms. The molecule has 34 heavy (non-hydrogen) atoms. The fraction of sp³-hybridized carbons (Fsp3) is 0.625. The largest absolute Gasteiger partial charge is 0.451 e. The van der Waals surface area contributed by atoms with E-state index in [0.717, 1.165) is 30.4 Å². The number of halogens is 3. The monoisotopic (exact) mass is 479 g/mol. The van der Waals surface area contributed by atoms with Gasteiger partial charge in [-0.2, -0.15) is 13.2 Å². The van der Waals surface area contributed by atoms with Crippen molar-refractivity contribution in [1.82, 2.24) is 25.0 Å². The predicted octanol–water partition coefficient (Wildman–Crippen LogP) is 4.44. The van der Waals surface area contributed by atoms with Gasteiger partial charge < -0.3 is 14.6 Å². The molecule has 1 fully saturated rings. The molecule has 0 saturated heterocycles. The van der Waals surface area contributed by atoms with Gasteiger partial charge in [0.25, 0.3) is 0 Å². The molecule has 2 aromatic rings. The van der Waals surface area contributed by atoms with Gasteiger partial charge in [0.1, 0.15) is 11.4 Å². The highest BCUT2D eigenvalue weighted by molar-refractivity contribution is 5.68. The second-order valence-corrected chi connectivity index (χ2v) is 10.5. The number of aryl methyl sites for hydroxylation is 1. The van der Waals surface area contributed by atoms with Crippen molar-refractivity contribution in [1.29, 1.82) is 0 Å². The first-order chi connectivity index (χ1) is 15.9. The standard InChI is InChI=1S/C24H32F3N5O2/c1-16-6-5-7-17(12-16)23(15-28-21(33)34-22(2,3)4)9-8-18(13-23)31-10-11-32-19(14-31)29-30-20(32)24(25,26)27/h5-7,12,18H,8-11,13-15H2,1-4H3,(H,28,33). The molecule has 2 atom stereocenters. The number of aromatic nitrogens is 3. The van der Waals surface area contributed by atoms with Crippen LogP contribution in [0.25, 0.3) is 0 Å². The number of amides is 1. The van der Waals surface area contributed by atoms with Crippen molar-refractivity contribution < 1.29 is 22.7 Å². The maximum Gasteiger partial charge on any atom is 0.451 e. The summed E-state index contributed by atoms with van der Waals surface area (Å²) in [6.07, 6.45) is -2.44. The first kappa shape index (κ1) is 24.5. The molecule has 1 aromatic heterocycles. The van der Waals surface area contributed by atoms with Crippen LogP contribution in [0.2, 0.25) is 0 Å². The number of rotatable bonds is 4. The van der Waals surface area contributed by atoms with Gasteiger partial charge >= 0.3 is 12.3 Å². The molecule has 2 aliphatic rings. The van der Waals surface area contributed by atoms with E-state index in [1.807, 2.05) is 39.8 Å². The molecule has 0 spiro atoms. The van der Waals surface area contributed by atoms with Gasteiger partial charge in [-0.25, -0.2) is 4.79 Å². The lowest BCUT2D eigenvalue weighted by Crippen LogP contribution is -2.44. The van der Waals surface area contributed by atoms with E-state index in [4.69, 9.17) is 4.74 Å². The Labute approximate surface area is 197 Å². The minimum atomic E-state index is -4.51. The molecule has 1 N–H and O–H groups in total. The van der Waals surface area contributed by atoms with E-state index in [-0.39, 0.29) is 18.0 Å². The van der Waals surface area contributed by atoms with E-state index in [9.17, 15) is 18.0 Å². The second kappa shape index (κ2) is 8.87. The van der Waals surface area contributed by atoms with Crippen LogP contribution in [-0.4, -0.2) is 50.5 Å². The molecule has 1 aliphatic carbocycles. The van der Waals surface area contributed by atoms with Crippen LogP contribution in [-0.2, 0) is 29.4 Å². The van der Waals surface area contributed by atoms with Gasteiger partial charge in [0, 0.05) is 31.1 Å². The number of nitrogens with zero attached hydrogens (tertiary/aromatic N) is 4. The minimum Gasteiger partial charge on any atom is -0.444 e. The minimum absolute atomic E-state index is 0.167. The highest BCUT2D eigenvalue weighted by atomic mass is 19.4. The number of alkyl halides is 3. The number of hydrogen-bond acceptors (Lipinski definition) is 5. The third-order valence-electron chi connectivity index (χ3n) is 6.74. The SMILES string of the molecule is Cc1cccc(C2(CNC(=O)OC(C)(C)C)CCC(N3CCn4c(nnc4C(F)(F)F)C3)C2)c1. The van der Waals surface area contributed by atoms with E-state index in [1.165, 1.54) is 4.57 Å². The van der Waals surface area contributed by atoms with Crippen LogP contribution in [0.4, 0.5) is 18.0 Å². The summed E-state index contributed by atoms with van der Waals surface area (Å²) in [6, 6.07) is 8.48. The Morgan fingerprint density at radius 2 is 2.00 bits per heavy atom. The van der Waals surface area contributed by atoms with Gasteiger partial charge in [-0.1, -0.05) is 29.8 Å². The van der Waals surface area contributed by atoms with Crippen LogP contribution in [0.5, 0.6) is 0 Å². The number of benzene rings is 1. The van der Waals surface area contributed by atoms with Crippen molar-refractivity contribution >= 4 is 6.09 Å². The fourth-order valence-corrected chi connectivity index (χ4v) is 5.16. The van der Waals surface area contributed by atoms with Gasteiger partial charge in [-0.15, -0.1) is 10.2 Å². The lowest BCUT2D eigenvalue weighted by Gasteiger charge is -2.35. The number of alkyl carbamates (subject to hydrolysis) is 1. The molecule has 0 radical (unpaired) electrons. The normalized spacial score (nSPS) is 23.6. The Kier molecular flexibility index (Phi) is 6.39. The Balaban J connectivity index is 1.51. The summed E-state index contributed by atoms with van der Waals surface area (Å²) >= 11 is 0. The van der Waals surface area contributed by atoms with Crippen molar-refractivity contribution in [2.24, 2.45) is 0 Å². The van der Waals surface area contributed by atoms with Crippen molar-refractivity contribution in [3.05, 3.63) is 47.0 Å². The third kappa shape index (κ3) is 5.21. The summed E-state index contributed by atoms with van der Waals surface area (Å²) < 4.78 is 46.2. The van der Waals surface area contributed by atoms with Gasteiger partial charge in [-0.05, 0) is 52.5 Å². The highest BCUT2D eigenvalue weighted by Gasteiger charge is 2.45. The number of carbonyl (C=O) groups is 1. The van der Waals surface area contributed by atoms with Crippen molar-refractivity contribution in [3.8, 4) is 0 Å². The van der Waals surface area contributed by atoms with Crippen molar-refractivity contribution in [2.45, 2.75) is 83.3 Å². The molecule has 2 unspecified atom stereocenters. The molecule has 1 saturated carbocycles. The topological polar surface area (TPSA) is 72.3 Å².